The van der Waals surface area contributed by atoms with Gasteiger partial charge < -0.3 is 15.2 Å². The predicted octanol–water partition coefficient (Wildman–Crippen LogP) is 3.19. The molecule has 0 spiro atoms. The smallest absolute Gasteiger partial charge is 0.224 e. The first-order chi connectivity index (χ1) is 10.6. The highest BCUT2D eigenvalue weighted by Gasteiger charge is 2.20. The molecule has 1 aromatic rings. The number of rotatable bonds is 5. The van der Waals surface area contributed by atoms with Gasteiger partial charge >= 0.3 is 0 Å². The second-order valence-corrected chi connectivity index (χ2v) is 5.89. The van der Waals surface area contributed by atoms with Gasteiger partial charge in [-0.15, -0.1) is 0 Å². The minimum Gasteiger partial charge on any atom is -0.504 e. The molecule has 4 heteroatoms. The van der Waals surface area contributed by atoms with Crippen LogP contribution in [0.4, 0.5) is 0 Å². The first-order valence-corrected chi connectivity index (χ1v) is 7.90. The second kappa shape index (κ2) is 7.87. The summed E-state index contributed by atoms with van der Waals surface area (Å²) in [6.45, 7) is 2.06. The summed E-state index contributed by atoms with van der Waals surface area (Å²) in [5, 5.41) is 12.7. The monoisotopic (exact) mass is 303 g/mol. The molecule has 0 aromatic heterocycles. The summed E-state index contributed by atoms with van der Waals surface area (Å²) in [5.74, 6) is 1.19. The lowest BCUT2D eigenvalue weighted by molar-refractivity contribution is -0.121. The fourth-order valence-electron chi connectivity index (χ4n) is 3.02. The van der Waals surface area contributed by atoms with Gasteiger partial charge in [0.05, 0.1) is 13.5 Å². The predicted molar refractivity (Wildman–Crippen MR) is 87.1 cm³/mol. The maximum atomic E-state index is 12.1. The molecule has 1 fully saturated rings. The highest BCUT2D eigenvalue weighted by molar-refractivity contribution is 5.79. The molecule has 1 aliphatic carbocycles. The normalized spacial score (nSPS) is 21.7. The highest BCUT2D eigenvalue weighted by atomic mass is 16.5. The Hall–Kier alpha value is -1.97. The molecule has 22 heavy (non-hydrogen) atoms. The molecule has 4 nitrogen and oxygen atoms in total. The number of benzene rings is 1. The van der Waals surface area contributed by atoms with E-state index in [0.717, 1.165) is 31.2 Å². The lowest BCUT2D eigenvalue weighted by Gasteiger charge is -2.27. The van der Waals surface area contributed by atoms with Crippen LogP contribution in [0, 0.1) is 5.92 Å². The highest BCUT2D eigenvalue weighted by Crippen LogP contribution is 2.27. The second-order valence-electron chi connectivity index (χ2n) is 5.89. The number of methoxy groups -OCH3 is 1. The summed E-state index contributed by atoms with van der Waals surface area (Å²) in [7, 11) is 1.50. The van der Waals surface area contributed by atoms with Crippen molar-refractivity contribution in [2.24, 2.45) is 5.92 Å². The fraction of sp³-hybridized carbons (Fsp3) is 0.500. The molecule has 0 radical (unpaired) electrons. The number of phenols is 1. The van der Waals surface area contributed by atoms with E-state index in [0.29, 0.717) is 18.1 Å². The maximum Gasteiger partial charge on any atom is 0.224 e. The van der Waals surface area contributed by atoms with E-state index in [1.807, 2.05) is 0 Å². The molecule has 1 aromatic carbocycles. The van der Waals surface area contributed by atoms with Crippen molar-refractivity contribution in [3.63, 3.8) is 0 Å². The van der Waals surface area contributed by atoms with Crippen molar-refractivity contribution < 1.29 is 14.6 Å². The Morgan fingerprint density at radius 3 is 2.73 bits per heavy atom. The standard InChI is InChI=1S/C18H25NO3/c1-3-4-13-5-8-15(9-6-13)19-18(21)12-14-7-10-16(20)17(11-14)22-2/h3-4,7,10-11,13,15,20H,5-6,8-9,12H2,1-2H3,(H,19,21)/b4-3+/t13-,15+. The number of carbonyl (C=O) groups is 1. The summed E-state index contributed by atoms with van der Waals surface area (Å²) < 4.78 is 5.06. The van der Waals surface area contributed by atoms with Crippen molar-refractivity contribution >= 4 is 5.91 Å². The van der Waals surface area contributed by atoms with Crippen LogP contribution in [0.3, 0.4) is 0 Å². The van der Waals surface area contributed by atoms with E-state index in [1.54, 1.807) is 18.2 Å². The van der Waals surface area contributed by atoms with Crippen molar-refractivity contribution in [2.45, 2.75) is 45.1 Å². The first kappa shape index (κ1) is 16.4. The van der Waals surface area contributed by atoms with Crippen molar-refractivity contribution in [1.29, 1.82) is 0 Å². The van der Waals surface area contributed by atoms with Crippen LogP contribution in [0.15, 0.2) is 30.4 Å². The number of amides is 1. The van der Waals surface area contributed by atoms with Crippen LogP contribution in [-0.4, -0.2) is 24.2 Å². The molecule has 2 rings (SSSR count). The van der Waals surface area contributed by atoms with Gasteiger partial charge in [0.2, 0.25) is 5.91 Å². The Bertz CT molecular complexity index is 531. The molecule has 0 atom stereocenters. The van der Waals surface area contributed by atoms with E-state index in [1.165, 1.54) is 7.11 Å². The van der Waals surface area contributed by atoms with E-state index >= 15 is 0 Å². The molecule has 120 valence electrons. The van der Waals surface area contributed by atoms with E-state index in [9.17, 15) is 9.90 Å². The molecule has 1 aliphatic rings. The van der Waals surface area contributed by atoms with Gasteiger partial charge in [-0.3, -0.25) is 4.79 Å². The number of hydrogen-bond acceptors (Lipinski definition) is 3. The van der Waals surface area contributed by atoms with Crippen LogP contribution in [-0.2, 0) is 11.2 Å². The van der Waals surface area contributed by atoms with Crippen molar-refractivity contribution in [2.75, 3.05) is 7.11 Å². The minimum absolute atomic E-state index is 0.0298. The lowest BCUT2D eigenvalue weighted by Crippen LogP contribution is -2.38. The van der Waals surface area contributed by atoms with Crippen LogP contribution in [0.1, 0.15) is 38.2 Å². The van der Waals surface area contributed by atoms with Crippen LogP contribution >= 0.6 is 0 Å². The summed E-state index contributed by atoms with van der Waals surface area (Å²) in [5.41, 5.74) is 0.842. The molecule has 0 heterocycles. The Morgan fingerprint density at radius 1 is 1.36 bits per heavy atom. The van der Waals surface area contributed by atoms with Crippen LogP contribution in [0.5, 0.6) is 11.5 Å². The molecule has 1 saturated carbocycles. The molecule has 0 saturated heterocycles. The Morgan fingerprint density at radius 2 is 2.09 bits per heavy atom. The van der Waals surface area contributed by atoms with E-state index < -0.39 is 0 Å². The minimum atomic E-state index is 0.0298. The number of ether oxygens (including phenoxy) is 1. The van der Waals surface area contributed by atoms with Gasteiger partial charge in [0, 0.05) is 6.04 Å². The van der Waals surface area contributed by atoms with Gasteiger partial charge in [-0.05, 0) is 56.2 Å². The molecular formula is C18H25NO3. The zero-order valence-corrected chi connectivity index (χ0v) is 13.3. The van der Waals surface area contributed by atoms with E-state index in [2.05, 4.69) is 24.4 Å². The van der Waals surface area contributed by atoms with Gasteiger partial charge in [-0.25, -0.2) is 0 Å². The molecule has 0 bridgehead atoms. The lowest BCUT2D eigenvalue weighted by atomic mass is 9.86. The van der Waals surface area contributed by atoms with Crippen LogP contribution < -0.4 is 10.1 Å². The molecule has 0 unspecified atom stereocenters. The van der Waals surface area contributed by atoms with Gasteiger partial charge in [0.15, 0.2) is 11.5 Å². The summed E-state index contributed by atoms with van der Waals surface area (Å²) in [6.07, 6.45) is 9.05. The summed E-state index contributed by atoms with van der Waals surface area (Å²) >= 11 is 0. The van der Waals surface area contributed by atoms with Gasteiger partial charge in [-0.2, -0.15) is 0 Å². The Balaban J connectivity index is 1.83. The number of aromatic hydroxyl groups is 1. The number of nitrogens with one attached hydrogen (secondary N) is 1. The van der Waals surface area contributed by atoms with E-state index in [-0.39, 0.29) is 17.7 Å². The number of carbonyl (C=O) groups excluding carboxylic acids is 1. The third-order valence-electron chi connectivity index (χ3n) is 4.21. The van der Waals surface area contributed by atoms with E-state index in [4.69, 9.17) is 4.74 Å². The van der Waals surface area contributed by atoms with Crippen LogP contribution in [0.25, 0.3) is 0 Å². The molecule has 0 aliphatic heterocycles. The molecule has 2 N–H and O–H groups in total. The zero-order chi connectivity index (χ0) is 15.9. The van der Waals surface area contributed by atoms with Crippen molar-refractivity contribution in [3.8, 4) is 11.5 Å². The molecule has 1 amide bonds. The van der Waals surface area contributed by atoms with Gasteiger partial charge in [-0.1, -0.05) is 18.2 Å². The number of allylic oxidation sites excluding steroid dienone is 2. The molecular weight excluding hydrogens is 278 g/mol. The fourth-order valence-corrected chi connectivity index (χ4v) is 3.02. The maximum absolute atomic E-state index is 12.1. The van der Waals surface area contributed by atoms with Crippen LogP contribution in [0.2, 0.25) is 0 Å². The Labute approximate surface area is 132 Å². The van der Waals surface area contributed by atoms with Gasteiger partial charge in [0.25, 0.3) is 0 Å². The third-order valence-corrected chi connectivity index (χ3v) is 4.21. The average Bonchev–Trinajstić information content (AvgIpc) is 2.51. The third kappa shape index (κ3) is 4.52. The Kier molecular flexibility index (Phi) is 5.87. The van der Waals surface area contributed by atoms with Crippen molar-refractivity contribution in [1.82, 2.24) is 5.32 Å². The van der Waals surface area contributed by atoms with Gasteiger partial charge in [0.1, 0.15) is 0 Å². The SMILES string of the molecule is C/C=C/[C@H]1CC[C@@H](NC(=O)Cc2ccc(O)c(OC)c2)CC1. The number of hydrogen-bond donors (Lipinski definition) is 2. The topological polar surface area (TPSA) is 58.6 Å². The summed E-state index contributed by atoms with van der Waals surface area (Å²) in [6, 6.07) is 5.30. The zero-order valence-electron chi connectivity index (χ0n) is 13.3. The quantitative estimate of drug-likeness (QED) is 0.821. The largest absolute Gasteiger partial charge is 0.504 e. The van der Waals surface area contributed by atoms with Crippen molar-refractivity contribution in [3.05, 3.63) is 35.9 Å². The summed E-state index contributed by atoms with van der Waals surface area (Å²) in [4.78, 5) is 12.1. The number of phenolic OH excluding ortho intramolecular Hbond substituents is 1. The average molecular weight is 303 g/mol. The first-order valence-electron chi connectivity index (χ1n) is 7.90.